The van der Waals surface area contributed by atoms with Gasteiger partial charge in [0.1, 0.15) is 11.4 Å². The minimum Gasteiger partial charge on any atom is -0.382 e. The molecule has 0 aliphatic carbocycles. The first kappa shape index (κ1) is 13.9. The maximum Gasteiger partial charge on any atom is 0.154 e. The minimum atomic E-state index is -0.718. The fourth-order valence-electron chi connectivity index (χ4n) is 3.01. The number of thioether (sulfide) groups is 1. The number of hydrogen-bond acceptors (Lipinski definition) is 5. The van der Waals surface area contributed by atoms with Crippen molar-refractivity contribution in [1.82, 2.24) is 0 Å². The average molecular weight is 296 g/mol. The third kappa shape index (κ3) is 2.12. The Morgan fingerprint density at radius 3 is 3.10 bits per heavy atom. The molecule has 2 aliphatic heterocycles. The first-order valence-electron chi connectivity index (χ1n) is 6.51. The van der Waals surface area contributed by atoms with Gasteiger partial charge < -0.3 is 15.2 Å². The molecule has 6 heteroatoms. The van der Waals surface area contributed by atoms with E-state index in [1.807, 2.05) is 6.07 Å². The summed E-state index contributed by atoms with van der Waals surface area (Å²) in [5.41, 5.74) is 5.73. The lowest BCUT2D eigenvalue weighted by Gasteiger charge is -2.35. The highest BCUT2D eigenvalue weighted by molar-refractivity contribution is 8.13. The Kier molecular flexibility index (Phi) is 3.70. The summed E-state index contributed by atoms with van der Waals surface area (Å²) < 4.78 is 25.3. The quantitative estimate of drug-likeness (QED) is 0.923. The van der Waals surface area contributed by atoms with E-state index >= 15 is 0 Å². The molecule has 1 fully saturated rings. The van der Waals surface area contributed by atoms with Crippen LogP contribution in [0.5, 0.6) is 0 Å². The Balaban J connectivity index is 2.07. The molecule has 0 spiro atoms. The smallest absolute Gasteiger partial charge is 0.154 e. The molecule has 3 atom stereocenters. The van der Waals surface area contributed by atoms with Gasteiger partial charge in [0.05, 0.1) is 19.3 Å². The SMILES string of the molecule is COC[C@H]1OC[C@]2(c3ccccc3F)N=C(N)SC[C@H]12. The molecule has 3 rings (SSSR count). The molecular formula is C14H17FN2O2S. The van der Waals surface area contributed by atoms with Crippen LogP contribution in [-0.4, -0.2) is 37.3 Å². The number of ether oxygens (including phenoxy) is 2. The molecular weight excluding hydrogens is 279 g/mol. The summed E-state index contributed by atoms with van der Waals surface area (Å²) >= 11 is 1.49. The van der Waals surface area contributed by atoms with Crippen molar-refractivity contribution in [2.75, 3.05) is 26.1 Å². The van der Waals surface area contributed by atoms with Gasteiger partial charge in [-0.25, -0.2) is 9.38 Å². The van der Waals surface area contributed by atoms with E-state index in [-0.39, 0.29) is 17.8 Å². The summed E-state index contributed by atoms with van der Waals surface area (Å²) in [6.07, 6.45) is -0.0797. The van der Waals surface area contributed by atoms with Crippen molar-refractivity contribution in [3.05, 3.63) is 35.6 Å². The lowest BCUT2D eigenvalue weighted by Crippen LogP contribution is -2.43. The lowest BCUT2D eigenvalue weighted by molar-refractivity contribution is 0.0240. The summed E-state index contributed by atoms with van der Waals surface area (Å²) in [5.74, 6) is 0.566. The van der Waals surface area contributed by atoms with Crippen LogP contribution in [0.25, 0.3) is 0 Å². The molecule has 2 N–H and O–H groups in total. The summed E-state index contributed by atoms with van der Waals surface area (Å²) in [7, 11) is 1.64. The molecule has 108 valence electrons. The van der Waals surface area contributed by atoms with Gasteiger partial charge in [0.25, 0.3) is 0 Å². The van der Waals surface area contributed by atoms with Crippen LogP contribution < -0.4 is 5.73 Å². The number of benzene rings is 1. The van der Waals surface area contributed by atoms with Crippen molar-refractivity contribution in [2.45, 2.75) is 11.6 Å². The molecule has 4 nitrogen and oxygen atoms in total. The molecule has 0 amide bonds. The molecule has 0 bridgehead atoms. The van der Waals surface area contributed by atoms with Crippen molar-refractivity contribution >= 4 is 16.9 Å². The van der Waals surface area contributed by atoms with Gasteiger partial charge in [-0.2, -0.15) is 0 Å². The number of halogens is 1. The van der Waals surface area contributed by atoms with Gasteiger partial charge in [-0.15, -0.1) is 0 Å². The molecule has 2 heterocycles. The standard InChI is InChI=1S/C14H17FN2O2S/c1-18-6-12-10-7-20-13(16)17-14(10,8-19-12)9-4-2-3-5-11(9)15/h2-5,10,12H,6-8H2,1H3,(H2,16,17)/t10-,12-,14-/m1/s1. The van der Waals surface area contributed by atoms with E-state index in [4.69, 9.17) is 15.2 Å². The van der Waals surface area contributed by atoms with E-state index in [0.717, 1.165) is 5.75 Å². The maximum atomic E-state index is 14.2. The predicted octanol–water partition coefficient (Wildman–Crippen LogP) is 1.74. The van der Waals surface area contributed by atoms with Gasteiger partial charge in [-0.05, 0) is 6.07 Å². The van der Waals surface area contributed by atoms with Gasteiger partial charge >= 0.3 is 0 Å². The molecule has 1 aromatic rings. The van der Waals surface area contributed by atoms with Crippen LogP contribution in [0.15, 0.2) is 29.3 Å². The van der Waals surface area contributed by atoms with Crippen LogP contribution in [0.4, 0.5) is 4.39 Å². The van der Waals surface area contributed by atoms with Crippen molar-refractivity contribution in [3.63, 3.8) is 0 Å². The fraction of sp³-hybridized carbons (Fsp3) is 0.500. The maximum absolute atomic E-state index is 14.2. The van der Waals surface area contributed by atoms with E-state index < -0.39 is 5.54 Å². The number of methoxy groups -OCH3 is 1. The monoisotopic (exact) mass is 296 g/mol. The van der Waals surface area contributed by atoms with Crippen LogP contribution in [0.3, 0.4) is 0 Å². The van der Waals surface area contributed by atoms with E-state index in [1.165, 1.54) is 17.8 Å². The summed E-state index contributed by atoms with van der Waals surface area (Å²) in [6.45, 7) is 0.824. The average Bonchev–Trinajstić information content (AvgIpc) is 2.79. The minimum absolute atomic E-state index is 0.0663. The lowest BCUT2D eigenvalue weighted by atomic mass is 9.79. The number of nitrogens with zero attached hydrogens (tertiary/aromatic N) is 1. The number of fused-ring (bicyclic) bond motifs is 1. The number of nitrogens with two attached hydrogens (primary N) is 1. The van der Waals surface area contributed by atoms with E-state index in [9.17, 15) is 4.39 Å². The molecule has 20 heavy (non-hydrogen) atoms. The summed E-state index contributed by atoms with van der Waals surface area (Å²) in [6, 6.07) is 6.73. The predicted molar refractivity (Wildman–Crippen MR) is 77.3 cm³/mol. The van der Waals surface area contributed by atoms with Crippen molar-refractivity contribution in [2.24, 2.45) is 16.6 Å². The van der Waals surface area contributed by atoms with E-state index in [1.54, 1.807) is 19.2 Å². The van der Waals surface area contributed by atoms with Crippen molar-refractivity contribution in [3.8, 4) is 0 Å². The van der Waals surface area contributed by atoms with Crippen LogP contribution in [0, 0.1) is 11.7 Å². The second kappa shape index (κ2) is 5.35. The largest absolute Gasteiger partial charge is 0.382 e. The number of aliphatic imine (C=N–C) groups is 1. The molecule has 2 aliphatic rings. The number of hydrogen-bond donors (Lipinski definition) is 1. The van der Waals surface area contributed by atoms with Gasteiger partial charge in [-0.3, -0.25) is 0 Å². The van der Waals surface area contributed by atoms with Crippen LogP contribution >= 0.6 is 11.8 Å². The fourth-order valence-corrected chi connectivity index (χ4v) is 4.08. The molecule has 1 aromatic carbocycles. The zero-order valence-electron chi connectivity index (χ0n) is 11.2. The highest BCUT2D eigenvalue weighted by atomic mass is 32.2. The highest BCUT2D eigenvalue weighted by Crippen LogP contribution is 2.47. The third-order valence-corrected chi connectivity index (χ3v) is 4.88. The van der Waals surface area contributed by atoms with Gasteiger partial charge in [-0.1, -0.05) is 30.0 Å². The van der Waals surface area contributed by atoms with Gasteiger partial charge in [0.15, 0.2) is 5.17 Å². The number of rotatable bonds is 3. The van der Waals surface area contributed by atoms with Crippen LogP contribution in [0.2, 0.25) is 0 Å². The summed E-state index contributed by atoms with van der Waals surface area (Å²) in [4.78, 5) is 4.58. The normalized spacial score (nSPS) is 32.8. The molecule has 0 saturated carbocycles. The molecule has 0 unspecified atom stereocenters. The first-order chi connectivity index (χ1) is 9.67. The highest BCUT2D eigenvalue weighted by Gasteiger charge is 2.53. The Morgan fingerprint density at radius 1 is 1.55 bits per heavy atom. The van der Waals surface area contributed by atoms with Gasteiger partial charge in [0, 0.05) is 24.3 Å². The Hall–Kier alpha value is -1.11. The zero-order chi connectivity index (χ0) is 14.2. The van der Waals surface area contributed by atoms with Crippen LogP contribution in [-0.2, 0) is 15.0 Å². The molecule has 0 aromatic heterocycles. The third-order valence-electron chi connectivity index (χ3n) is 3.97. The number of amidine groups is 1. The Morgan fingerprint density at radius 2 is 2.35 bits per heavy atom. The van der Waals surface area contributed by atoms with Gasteiger partial charge in [0.2, 0.25) is 0 Å². The van der Waals surface area contributed by atoms with E-state index in [0.29, 0.717) is 23.9 Å². The second-order valence-electron chi connectivity index (χ2n) is 5.08. The molecule has 1 saturated heterocycles. The van der Waals surface area contributed by atoms with E-state index in [2.05, 4.69) is 4.99 Å². The molecule has 0 radical (unpaired) electrons. The topological polar surface area (TPSA) is 56.8 Å². The Bertz CT molecular complexity index is 540. The van der Waals surface area contributed by atoms with Crippen molar-refractivity contribution in [1.29, 1.82) is 0 Å². The Labute approximate surface area is 121 Å². The van der Waals surface area contributed by atoms with Crippen LogP contribution in [0.1, 0.15) is 5.56 Å². The van der Waals surface area contributed by atoms with Crippen molar-refractivity contribution < 1.29 is 13.9 Å². The second-order valence-corrected chi connectivity index (χ2v) is 6.12. The summed E-state index contributed by atoms with van der Waals surface area (Å²) in [5, 5.41) is 0.492. The zero-order valence-corrected chi connectivity index (χ0v) is 12.0. The first-order valence-corrected chi connectivity index (χ1v) is 7.49.